The Hall–Kier alpha value is -1.86. The van der Waals surface area contributed by atoms with E-state index in [1.165, 1.54) is 180 Å². The van der Waals surface area contributed by atoms with Crippen molar-refractivity contribution in [3.05, 3.63) is 24.3 Å². The Bertz CT molecular complexity index is 1250. The average molecular weight is 1010 g/mol. The van der Waals surface area contributed by atoms with Crippen LogP contribution in [0.4, 0.5) is 0 Å². The minimum absolute atomic E-state index is 0.125. The monoisotopic (exact) mass is 1010 g/mol. The zero-order valence-electron chi connectivity index (χ0n) is 46.1. The SMILES string of the molecule is CCCCCCCC/C=C/CCCCCCCCCCCC(=O)OC1C(OCC(NC(=O)C(O)CCCCCCCCCCCCCC)C(O)/C=C/CCCCCCCCCCC)OC(CO)C(O)C1O. The molecule has 0 aromatic carbocycles. The van der Waals surface area contributed by atoms with E-state index < -0.39 is 67.4 Å². The van der Waals surface area contributed by atoms with Gasteiger partial charge in [0.05, 0.1) is 25.4 Å². The van der Waals surface area contributed by atoms with E-state index in [0.717, 1.165) is 57.8 Å². The van der Waals surface area contributed by atoms with E-state index in [2.05, 4.69) is 38.2 Å². The largest absolute Gasteiger partial charge is 0.454 e. The number of nitrogens with one attached hydrogen (secondary N) is 1. The van der Waals surface area contributed by atoms with Crippen LogP contribution in [0.3, 0.4) is 0 Å². The highest BCUT2D eigenvalue weighted by atomic mass is 16.7. The Morgan fingerprint density at radius 2 is 0.930 bits per heavy atom. The van der Waals surface area contributed by atoms with E-state index in [9.17, 15) is 35.1 Å². The molecule has 11 nitrogen and oxygen atoms in total. The normalized spacial score (nSPS) is 19.7. The van der Waals surface area contributed by atoms with Crippen LogP contribution in [0.15, 0.2) is 24.3 Å². The molecule has 0 aromatic heterocycles. The first-order chi connectivity index (χ1) is 34.7. The van der Waals surface area contributed by atoms with Crippen LogP contribution in [0.1, 0.15) is 284 Å². The predicted molar refractivity (Wildman–Crippen MR) is 292 cm³/mol. The van der Waals surface area contributed by atoms with Gasteiger partial charge in [0.25, 0.3) is 0 Å². The van der Waals surface area contributed by atoms with Gasteiger partial charge in [-0.05, 0) is 51.4 Å². The van der Waals surface area contributed by atoms with Crippen LogP contribution in [-0.4, -0.2) is 99.6 Å². The first-order valence-electron chi connectivity index (χ1n) is 30.1. The van der Waals surface area contributed by atoms with Gasteiger partial charge in [0.1, 0.15) is 24.4 Å². The summed E-state index contributed by atoms with van der Waals surface area (Å²) in [7, 11) is 0. The molecule has 1 amide bonds. The maximum absolute atomic E-state index is 13.4. The van der Waals surface area contributed by atoms with Gasteiger partial charge < -0.3 is 45.1 Å². The molecule has 6 N–H and O–H groups in total. The van der Waals surface area contributed by atoms with Crippen LogP contribution in [0.5, 0.6) is 0 Å². The van der Waals surface area contributed by atoms with Crippen molar-refractivity contribution in [2.24, 2.45) is 0 Å². The highest BCUT2D eigenvalue weighted by Gasteiger charge is 2.47. The second-order valence-electron chi connectivity index (χ2n) is 21.1. The predicted octanol–water partition coefficient (Wildman–Crippen LogP) is 13.7. The van der Waals surface area contributed by atoms with Crippen LogP contribution < -0.4 is 5.32 Å². The van der Waals surface area contributed by atoms with E-state index in [-0.39, 0.29) is 13.0 Å². The number of ether oxygens (including phenoxy) is 3. The molecule has 1 fully saturated rings. The minimum atomic E-state index is -1.61. The standard InChI is InChI=1S/C60H113NO10/c1-4-7-10-13-16-19-22-24-25-26-27-28-29-30-33-36-39-42-45-48-55(65)71-58-57(67)56(66)54(49-62)70-60(58)69-50-51(52(63)46-43-40-37-34-31-21-18-15-12-9-6-3)61-59(68)53(64)47-44-41-38-35-32-23-20-17-14-11-8-5-2/h24-25,43,46,51-54,56-58,60,62-64,66-67H,4-23,26-42,44-45,47-50H2,1-3H3,(H,61,68)/b25-24+,46-43+. The number of rotatable bonds is 51. The Balaban J connectivity index is 2.66. The summed E-state index contributed by atoms with van der Waals surface area (Å²) in [5, 5.41) is 56.8. The summed E-state index contributed by atoms with van der Waals surface area (Å²) in [6, 6.07) is -1.02. The summed E-state index contributed by atoms with van der Waals surface area (Å²) in [5.74, 6) is -1.19. The molecule has 0 aromatic rings. The molecule has 8 unspecified atom stereocenters. The highest BCUT2D eigenvalue weighted by Crippen LogP contribution is 2.26. The van der Waals surface area contributed by atoms with Crippen molar-refractivity contribution in [2.75, 3.05) is 13.2 Å². The molecule has 418 valence electrons. The van der Waals surface area contributed by atoms with Gasteiger partial charge in [0, 0.05) is 6.42 Å². The summed E-state index contributed by atoms with van der Waals surface area (Å²) in [6.07, 6.45) is 45.1. The molecule has 11 heteroatoms. The molecule has 0 spiro atoms. The number of amides is 1. The highest BCUT2D eigenvalue weighted by molar-refractivity contribution is 5.80. The van der Waals surface area contributed by atoms with Gasteiger partial charge in [-0.2, -0.15) is 0 Å². The molecule has 1 saturated heterocycles. The fourth-order valence-corrected chi connectivity index (χ4v) is 9.53. The Morgan fingerprint density at radius 3 is 1.37 bits per heavy atom. The Morgan fingerprint density at radius 1 is 0.535 bits per heavy atom. The van der Waals surface area contributed by atoms with Crippen molar-refractivity contribution in [1.29, 1.82) is 0 Å². The molecular weight excluding hydrogens is 895 g/mol. The van der Waals surface area contributed by atoms with Gasteiger partial charge >= 0.3 is 5.97 Å². The molecule has 0 bridgehead atoms. The summed E-state index contributed by atoms with van der Waals surface area (Å²) >= 11 is 0. The van der Waals surface area contributed by atoms with Gasteiger partial charge in [-0.3, -0.25) is 9.59 Å². The molecule has 1 rings (SSSR count). The van der Waals surface area contributed by atoms with Gasteiger partial charge in [0.15, 0.2) is 12.4 Å². The van der Waals surface area contributed by atoms with Crippen molar-refractivity contribution in [3.8, 4) is 0 Å². The second kappa shape index (κ2) is 49.0. The van der Waals surface area contributed by atoms with E-state index >= 15 is 0 Å². The van der Waals surface area contributed by atoms with Crippen LogP contribution in [0, 0.1) is 0 Å². The molecule has 8 atom stereocenters. The zero-order chi connectivity index (χ0) is 51.8. The molecule has 1 aliphatic rings. The second-order valence-corrected chi connectivity index (χ2v) is 21.1. The summed E-state index contributed by atoms with van der Waals surface area (Å²) < 4.78 is 17.6. The molecule has 1 heterocycles. The number of esters is 1. The minimum Gasteiger partial charge on any atom is -0.454 e. The number of unbranched alkanes of at least 4 members (excludes halogenated alkanes) is 35. The van der Waals surface area contributed by atoms with Crippen LogP contribution in [0.25, 0.3) is 0 Å². The van der Waals surface area contributed by atoms with Crippen molar-refractivity contribution in [3.63, 3.8) is 0 Å². The third-order valence-electron chi connectivity index (χ3n) is 14.4. The van der Waals surface area contributed by atoms with E-state index in [1.807, 2.05) is 6.08 Å². The zero-order valence-corrected chi connectivity index (χ0v) is 46.1. The third-order valence-corrected chi connectivity index (χ3v) is 14.4. The lowest BCUT2D eigenvalue weighted by atomic mass is 9.99. The van der Waals surface area contributed by atoms with Crippen LogP contribution in [0.2, 0.25) is 0 Å². The number of carbonyl (C=O) groups is 2. The number of hydrogen-bond donors (Lipinski definition) is 6. The molecule has 0 radical (unpaired) electrons. The third kappa shape index (κ3) is 37.5. The quantitative estimate of drug-likeness (QED) is 0.0195. The first-order valence-corrected chi connectivity index (χ1v) is 30.1. The van der Waals surface area contributed by atoms with Crippen molar-refractivity contribution < 1.29 is 49.3 Å². The van der Waals surface area contributed by atoms with Crippen LogP contribution >= 0.6 is 0 Å². The lowest BCUT2D eigenvalue weighted by Gasteiger charge is -2.41. The molecule has 0 saturated carbocycles. The Labute approximate surface area is 435 Å². The van der Waals surface area contributed by atoms with Crippen molar-refractivity contribution in [1.82, 2.24) is 5.32 Å². The lowest BCUT2D eigenvalue weighted by Crippen LogP contribution is -2.61. The lowest BCUT2D eigenvalue weighted by molar-refractivity contribution is -0.305. The first kappa shape index (κ1) is 67.2. The van der Waals surface area contributed by atoms with E-state index in [4.69, 9.17) is 14.2 Å². The van der Waals surface area contributed by atoms with Crippen molar-refractivity contribution in [2.45, 2.75) is 333 Å². The Kier molecular flexibility index (Phi) is 46.4. The van der Waals surface area contributed by atoms with Crippen LogP contribution in [-0.2, 0) is 23.8 Å². The maximum Gasteiger partial charge on any atom is 0.306 e. The molecule has 1 aliphatic heterocycles. The molecular formula is C60H113NO10. The smallest absolute Gasteiger partial charge is 0.306 e. The molecule has 0 aliphatic carbocycles. The number of allylic oxidation sites excluding steroid dienone is 3. The number of hydrogen-bond acceptors (Lipinski definition) is 10. The topological polar surface area (TPSA) is 175 Å². The summed E-state index contributed by atoms with van der Waals surface area (Å²) in [4.78, 5) is 26.5. The number of aliphatic hydroxyl groups is 5. The van der Waals surface area contributed by atoms with Crippen molar-refractivity contribution >= 4 is 11.9 Å². The fourth-order valence-electron chi connectivity index (χ4n) is 9.53. The number of carbonyl (C=O) groups excluding carboxylic acids is 2. The van der Waals surface area contributed by atoms with E-state index in [1.54, 1.807) is 6.08 Å². The summed E-state index contributed by atoms with van der Waals surface area (Å²) in [6.45, 7) is 5.78. The van der Waals surface area contributed by atoms with Gasteiger partial charge in [-0.25, -0.2) is 0 Å². The van der Waals surface area contributed by atoms with E-state index in [0.29, 0.717) is 19.3 Å². The van der Waals surface area contributed by atoms with Gasteiger partial charge in [0.2, 0.25) is 5.91 Å². The fraction of sp³-hybridized carbons (Fsp3) is 0.900. The maximum atomic E-state index is 13.4. The molecule has 71 heavy (non-hydrogen) atoms. The number of aliphatic hydroxyl groups excluding tert-OH is 5. The average Bonchev–Trinajstić information content (AvgIpc) is 3.37. The van der Waals surface area contributed by atoms with Gasteiger partial charge in [-0.15, -0.1) is 0 Å². The van der Waals surface area contributed by atoms with Gasteiger partial charge in [-0.1, -0.05) is 251 Å². The summed E-state index contributed by atoms with van der Waals surface area (Å²) in [5.41, 5.74) is 0.